The molecule has 1 unspecified atom stereocenters. The van der Waals surface area contributed by atoms with Crippen LogP contribution in [0.3, 0.4) is 0 Å². The molecular formula is C13H20N2O2S. The molecule has 0 aliphatic heterocycles. The maximum Gasteiger partial charge on any atom is 0.234 e. The van der Waals surface area contributed by atoms with E-state index in [1.807, 2.05) is 32.0 Å². The Morgan fingerprint density at radius 1 is 1.56 bits per heavy atom. The summed E-state index contributed by atoms with van der Waals surface area (Å²) in [7, 11) is 1.59. The molecular weight excluding hydrogens is 248 g/mol. The Labute approximate surface area is 112 Å². The van der Waals surface area contributed by atoms with Gasteiger partial charge in [-0.1, -0.05) is 13.0 Å². The Hall–Kier alpha value is -1.20. The minimum absolute atomic E-state index is 0.0378. The van der Waals surface area contributed by atoms with E-state index in [2.05, 4.69) is 5.32 Å². The number of ether oxygens (including phenoxy) is 1. The minimum atomic E-state index is -0.0378. The van der Waals surface area contributed by atoms with Crippen LogP contribution < -0.4 is 15.8 Å². The molecule has 0 saturated heterocycles. The quantitative estimate of drug-likeness (QED) is 0.828. The third-order valence-corrected chi connectivity index (χ3v) is 3.65. The smallest absolute Gasteiger partial charge is 0.234 e. The lowest BCUT2D eigenvalue weighted by atomic mass is 10.2. The second-order valence-corrected chi connectivity index (χ2v) is 5.54. The second kappa shape index (κ2) is 7.28. The van der Waals surface area contributed by atoms with Gasteiger partial charge in [0.1, 0.15) is 5.75 Å². The van der Waals surface area contributed by atoms with Crippen LogP contribution >= 0.6 is 11.8 Å². The molecule has 0 fully saturated rings. The molecule has 1 atom stereocenters. The Balaban J connectivity index is 2.61. The summed E-state index contributed by atoms with van der Waals surface area (Å²) in [4.78, 5) is 11.8. The number of aryl methyl sites for hydroxylation is 1. The number of thioether (sulfide) groups is 1. The predicted octanol–water partition coefficient (Wildman–Crippen LogP) is 2.02. The summed E-state index contributed by atoms with van der Waals surface area (Å²) in [6, 6.07) is 5.69. The van der Waals surface area contributed by atoms with Crippen LogP contribution in [-0.2, 0) is 4.79 Å². The van der Waals surface area contributed by atoms with E-state index < -0.39 is 0 Å². The number of nitrogens with one attached hydrogen (secondary N) is 1. The molecule has 1 rings (SSSR count). The van der Waals surface area contributed by atoms with Crippen molar-refractivity contribution < 1.29 is 9.53 Å². The number of carbonyl (C=O) groups excluding carboxylic acids is 1. The van der Waals surface area contributed by atoms with Gasteiger partial charge < -0.3 is 15.8 Å². The topological polar surface area (TPSA) is 64.3 Å². The zero-order valence-electron chi connectivity index (χ0n) is 11.0. The van der Waals surface area contributed by atoms with E-state index in [1.54, 1.807) is 18.9 Å². The van der Waals surface area contributed by atoms with Gasteiger partial charge in [0.25, 0.3) is 0 Å². The molecule has 1 aromatic carbocycles. The summed E-state index contributed by atoms with van der Waals surface area (Å²) in [5, 5.41) is 3.14. The molecule has 3 N–H and O–H groups in total. The monoisotopic (exact) mass is 268 g/mol. The normalized spacial score (nSPS) is 12.0. The molecule has 0 bridgehead atoms. The first kappa shape index (κ1) is 14.9. The fourth-order valence-corrected chi connectivity index (χ4v) is 2.04. The number of anilines is 1. The third kappa shape index (κ3) is 4.58. The molecule has 0 aromatic heterocycles. The number of nitrogens with two attached hydrogens (primary N) is 1. The lowest BCUT2D eigenvalue weighted by molar-refractivity contribution is -0.113. The van der Waals surface area contributed by atoms with E-state index in [9.17, 15) is 4.79 Å². The summed E-state index contributed by atoms with van der Waals surface area (Å²) in [6.07, 6.45) is 0. The lowest BCUT2D eigenvalue weighted by Crippen LogP contribution is -2.19. The Bertz CT molecular complexity index is 410. The zero-order chi connectivity index (χ0) is 13.5. The van der Waals surface area contributed by atoms with Gasteiger partial charge in [0, 0.05) is 11.8 Å². The molecule has 0 heterocycles. The van der Waals surface area contributed by atoms with E-state index >= 15 is 0 Å². The van der Waals surface area contributed by atoms with Gasteiger partial charge in [-0.2, -0.15) is 0 Å². The first-order valence-corrected chi connectivity index (χ1v) is 6.88. The van der Waals surface area contributed by atoms with Crippen LogP contribution in [-0.4, -0.2) is 30.6 Å². The Morgan fingerprint density at radius 3 is 2.89 bits per heavy atom. The van der Waals surface area contributed by atoms with Crippen LogP contribution in [0.2, 0.25) is 0 Å². The zero-order valence-corrected chi connectivity index (χ0v) is 11.8. The second-order valence-electron chi connectivity index (χ2n) is 4.11. The van der Waals surface area contributed by atoms with Crippen LogP contribution in [0.15, 0.2) is 18.2 Å². The van der Waals surface area contributed by atoms with E-state index in [0.717, 1.165) is 5.56 Å². The Kier molecular flexibility index (Phi) is 6.01. The van der Waals surface area contributed by atoms with Crippen molar-refractivity contribution in [1.82, 2.24) is 0 Å². The fraction of sp³-hybridized carbons (Fsp3) is 0.462. The van der Waals surface area contributed by atoms with Crippen molar-refractivity contribution in [2.45, 2.75) is 19.1 Å². The van der Waals surface area contributed by atoms with E-state index in [1.165, 1.54) is 0 Å². The molecule has 0 aliphatic carbocycles. The highest BCUT2D eigenvalue weighted by Crippen LogP contribution is 2.25. The maximum absolute atomic E-state index is 11.8. The summed E-state index contributed by atoms with van der Waals surface area (Å²) in [5.41, 5.74) is 7.29. The van der Waals surface area contributed by atoms with Crippen molar-refractivity contribution >= 4 is 23.4 Å². The number of rotatable bonds is 6. The van der Waals surface area contributed by atoms with Crippen molar-refractivity contribution in [1.29, 1.82) is 0 Å². The first-order chi connectivity index (χ1) is 8.56. The number of amides is 1. The van der Waals surface area contributed by atoms with Crippen molar-refractivity contribution in [3.8, 4) is 5.75 Å². The highest BCUT2D eigenvalue weighted by molar-refractivity contribution is 8.00. The fourth-order valence-electron chi connectivity index (χ4n) is 1.39. The maximum atomic E-state index is 11.8. The van der Waals surface area contributed by atoms with Crippen molar-refractivity contribution in [2.24, 2.45) is 5.73 Å². The SMILES string of the molecule is COc1ccc(C)cc1NC(=O)CSC(C)CN. The minimum Gasteiger partial charge on any atom is -0.495 e. The Morgan fingerprint density at radius 2 is 2.28 bits per heavy atom. The van der Waals surface area contributed by atoms with Crippen LogP contribution in [0.5, 0.6) is 5.75 Å². The highest BCUT2D eigenvalue weighted by Gasteiger charge is 2.09. The molecule has 100 valence electrons. The molecule has 1 amide bonds. The standard InChI is InChI=1S/C13H20N2O2S/c1-9-4-5-12(17-3)11(6-9)15-13(16)8-18-10(2)7-14/h4-6,10H,7-8,14H2,1-3H3,(H,15,16). The van der Waals surface area contributed by atoms with Gasteiger partial charge in [0.15, 0.2) is 0 Å². The average Bonchev–Trinajstić information content (AvgIpc) is 2.36. The molecule has 0 spiro atoms. The number of methoxy groups -OCH3 is 1. The van der Waals surface area contributed by atoms with Gasteiger partial charge in [-0.15, -0.1) is 11.8 Å². The molecule has 5 heteroatoms. The van der Waals surface area contributed by atoms with Gasteiger partial charge in [-0.05, 0) is 24.6 Å². The van der Waals surface area contributed by atoms with Crippen LogP contribution in [0.1, 0.15) is 12.5 Å². The summed E-state index contributed by atoms with van der Waals surface area (Å²) >= 11 is 1.54. The third-order valence-electron chi connectivity index (χ3n) is 2.46. The van der Waals surface area contributed by atoms with Gasteiger partial charge in [0.2, 0.25) is 5.91 Å². The molecule has 0 saturated carbocycles. The summed E-state index contributed by atoms with van der Waals surface area (Å²) < 4.78 is 5.21. The van der Waals surface area contributed by atoms with E-state index in [0.29, 0.717) is 23.7 Å². The molecule has 0 aliphatic rings. The molecule has 0 radical (unpaired) electrons. The van der Waals surface area contributed by atoms with E-state index in [4.69, 9.17) is 10.5 Å². The molecule has 1 aromatic rings. The number of benzene rings is 1. The van der Waals surface area contributed by atoms with Gasteiger partial charge in [-0.3, -0.25) is 4.79 Å². The number of hydrogen-bond donors (Lipinski definition) is 2. The van der Waals surface area contributed by atoms with Gasteiger partial charge in [-0.25, -0.2) is 0 Å². The van der Waals surface area contributed by atoms with Gasteiger partial charge in [0.05, 0.1) is 18.6 Å². The van der Waals surface area contributed by atoms with Crippen molar-refractivity contribution in [3.05, 3.63) is 23.8 Å². The van der Waals surface area contributed by atoms with E-state index in [-0.39, 0.29) is 11.2 Å². The van der Waals surface area contributed by atoms with Gasteiger partial charge >= 0.3 is 0 Å². The predicted molar refractivity (Wildman–Crippen MR) is 77.3 cm³/mol. The van der Waals surface area contributed by atoms with Crippen molar-refractivity contribution in [2.75, 3.05) is 24.7 Å². The molecule has 4 nitrogen and oxygen atoms in total. The first-order valence-electron chi connectivity index (χ1n) is 5.83. The van der Waals surface area contributed by atoms with Crippen LogP contribution in [0, 0.1) is 6.92 Å². The summed E-state index contributed by atoms with van der Waals surface area (Å²) in [5.74, 6) is 1.03. The van der Waals surface area contributed by atoms with Crippen molar-refractivity contribution in [3.63, 3.8) is 0 Å². The molecule has 18 heavy (non-hydrogen) atoms. The lowest BCUT2D eigenvalue weighted by Gasteiger charge is -2.12. The average molecular weight is 268 g/mol. The highest BCUT2D eigenvalue weighted by atomic mass is 32.2. The number of carbonyl (C=O) groups is 1. The largest absolute Gasteiger partial charge is 0.495 e. The van der Waals surface area contributed by atoms with Crippen LogP contribution in [0.4, 0.5) is 5.69 Å². The van der Waals surface area contributed by atoms with Crippen LogP contribution in [0.25, 0.3) is 0 Å². The summed E-state index contributed by atoms with van der Waals surface area (Å²) in [6.45, 7) is 4.55. The number of hydrogen-bond acceptors (Lipinski definition) is 4.